The standard InChI is InChI=1S/C17H15NO2/c1-19-16-9-8-14(17(11-16)20-2)10-15(12-18)13-6-4-3-5-7-13/h3-11H,1-2H3/b15-10+. The number of rotatable bonds is 4. The van der Waals surface area contributed by atoms with Gasteiger partial charge in [-0.1, -0.05) is 30.3 Å². The van der Waals surface area contributed by atoms with Crippen LogP contribution in [0.25, 0.3) is 11.6 Å². The van der Waals surface area contributed by atoms with Gasteiger partial charge >= 0.3 is 0 Å². The molecule has 20 heavy (non-hydrogen) atoms. The molecule has 0 saturated heterocycles. The lowest BCUT2D eigenvalue weighted by atomic mass is 10.0. The highest BCUT2D eigenvalue weighted by molar-refractivity contribution is 5.90. The van der Waals surface area contributed by atoms with Crippen molar-refractivity contribution in [3.8, 4) is 17.6 Å². The molecule has 0 unspecified atom stereocenters. The molecular weight excluding hydrogens is 250 g/mol. The molecule has 3 heteroatoms. The first-order valence-electron chi connectivity index (χ1n) is 6.17. The van der Waals surface area contributed by atoms with Crippen LogP contribution in [0.15, 0.2) is 48.5 Å². The van der Waals surface area contributed by atoms with Crippen LogP contribution in [-0.2, 0) is 0 Å². The fourth-order valence-corrected chi connectivity index (χ4v) is 1.89. The van der Waals surface area contributed by atoms with E-state index in [0.29, 0.717) is 11.3 Å². The Hall–Kier alpha value is -2.73. The second-order valence-corrected chi connectivity index (χ2v) is 4.14. The van der Waals surface area contributed by atoms with Crippen LogP contribution in [0.5, 0.6) is 11.5 Å². The van der Waals surface area contributed by atoms with E-state index in [1.54, 1.807) is 20.3 Å². The van der Waals surface area contributed by atoms with E-state index in [9.17, 15) is 5.26 Å². The van der Waals surface area contributed by atoms with E-state index in [2.05, 4.69) is 6.07 Å². The van der Waals surface area contributed by atoms with Gasteiger partial charge in [-0.05, 0) is 23.8 Å². The summed E-state index contributed by atoms with van der Waals surface area (Å²) in [5, 5.41) is 9.32. The molecule has 0 aliphatic carbocycles. The molecule has 2 rings (SSSR count). The lowest BCUT2D eigenvalue weighted by Crippen LogP contribution is -1.90. The lowest BCUT2D eigenvalue weighted by molar-refractivity contribution is 0.394. The SMILES string of the molecule is COc1ccc(/C=C(\C#N)c2ccccc2)c(OC)c1. The smallest absolute Gasteiger partial charge is 0.129 e. The summed E-state index contributed by atoms with van der Waals surface area (Å²) in [4.78, 5) is 0. The van der Waals surface area contributed by atoms with E-state index in [4.69, 9.17) is 9.47 Å². The van der Waals surface area contributed by atoms with Gasteiger partial charge in [-0.3, -0.25) is 0 Å². The zero-order chi connectivity index (χ0) is 14.4. The summed E-state index contributed by atoms with van der Waals surface area (Å²) in [6.07, 6.45) is 1.81. The normalized spacial score (nSPS) is 10.8. The fraction of sp³-hybridized carbons (Fsp3) is 0.118. The van der Waals surface area contributed by atoms with Crippen LogP contribution >= 0.6 is 0 Å². The van der Waals surface area contributed by atoms with Crippen LogP contribution in [0.1, 0.15) is 11.1 Å². The number of hydrogen-bond acceptors (Lipinski definition) is 3. The molecule has 0 heterocycles. The Kier molecular flexibility index (Phi) is 4.41. The maximum Gasteiger partial charge on any atom is 0.129 e. The van der Waals surface area contributed by atoms with Crippen molar-refractivity contribution in [2.24, 2.45) is 0 Å². The van der Waals surface area contributed by atoms with Crippen molar-refractivity contribution in [1.82, 2.24) is 0 Å². The number of allylic oxidation sites excluding steroid dienone is 1. The van der Waals surface area contributed by atoms with Crippen LogP contribution < -0.4 is 9.47 Å². The summed E-state index contributed by atoms with van der Waals surface area (Å²) in [6.45, 7) is 0. The number of nitrogens with zero attached hydrogens (tertiary/aromatic N) is 1. The summed E-state index contributed by atoms with van der Waals surface area (Å²) in [5.74, 6) is 1.39. The molecule has 2 aromatic carbocycles. The average molecular weight is 265 g/mol. The molecule has 0 aliphatic heterocycles. The van der Waals surface area contributed by atoms with E-state index in [1.807, 2.05) is 48.5 Å². The zero-order valence-electron chi connectivity index (χ0n) is 11.5. The van der Waals surface area contributed by atoms with Gasteiger partial charge < -0.3 is 9.47 Å². The Balaban J connectivity index is 2.46. The van der Waals surface area contributed by atoms with Gasteiger partial charge in [-0.15, -0.1) is 0 Å². The summed E-state index contributed by atoms with van der Waals surface area (Å²) >= 11 is 0. The van der Waals surface area contributed by atoms with Crippen molar-refractivity contribution in [1.29, 1.82) is 5.26 Å². The highest BCUT2D eigenvalue weighted by Crippen LogP contribution is 2.28. The first-order valence-corrected chi connectivity index (χ1v) is 6.17. The number of ether oxygens (including phenoxy) is 2. The van der Waals surface area contributed by atoms with Gasteiger partial charge in [0.15, 0.2) is 0 Å². The van der Waals surface area contributed by atoms with Crippen molar-refractivity contribution in [2.75, 3.05) is 14.2 Å². The fourth-order valence-electron chi connectivity index (χ4n) is 1.89. The minimum atomic E-state index is 0.592. The van der Waals surface area contributed by atoms with Crippen molar-refractivity contribution in [2.45, 2.75) is 0 Å². The average Bonchev–Trinajstić information content (AvgIpc) is 2.53. The van der Waals surface area contributed by atoms with E-state index in [0.717, 1.165) is 16.9 Å². The molecule has 0 atom stereocenters. The van der Waals surface area contributed by atoms with Gasteiger partial charge in [-0.2, -0.15) is 5.26 Å². The molecule has 0 spiro atoms. The monoisotopic (exact) mass is 265 g/mol. The maximum absolute atomic E-state index is 9.32. The van der Waals surface area contributed by atoms with Crippen molar-refractivity contribution in [3.63, 3.8) is 0 Å². The summed E-state index contributed by atoms with van der Waals surface area (Å²) in [7, 11) is 3.20. The van der Waals surface area contributed by atoms with E-state index in [-0.39, 0.29) is 0 Å². The molecule has 2 aromatic rings. The van der Waals surface area contributed by atoms with Gasteiger partial charge in [0.1, 0.15) is 11.5 Å². The third-order valence-corrected chi connectivity index (χ3v) is 2.95. The number of nitriles is 1. The Bertz CT molecular complexity index is 654. The summed E-state index contributed by atoms with van der Waals surface area (Å²) < 4.78 is 10.5. The Morgan fingerprint density at radius 2 is 1.80 bits per heavy atom. The molecule has 0 aliphatic rings. The minimum absolute atomic E-state index is 0.592. The topological polar surface area (TPSA) is 42.2 Å². The Morgan fingerprint density at radius 1 is 1.05 bits per heavy atom. The van der Waals surface area contributed by atoms with Crippen molar-refractivity contribution < 1.29 is 9.47 Å². The highest BCUT2D eigenvalue weighted by Gasteiger charge is 2.06. The quantitative estimate of drug-likeness (QED) is 0.624. The van der Waals surface area contributed by atoms with E-state index >= 15 is 0 Å². The van der Waals surface area contributed by atoms with E-state index < -0.39 is 0 Å². The first-order chi connectivity index (χ1) is 9.78. The highest BCUT2D eigenvalue weighted by atomic mass is 16.5. The molecule has 0 N–H and O–H groups in total. The lowest BCUT2D eigenvalue weighted by Gasteiger charge is -2.08. The van der Waals surface area contributed by atoms with Crippen LogP contribution in [0.2, 0.25) is 0 Å². The van der Waals surface area contributed by atoms with Gasteiger partial charge in [0, 0.05) is 11.6 Å². The second kappa shape index (κ2) is 6.44. The summed E-state index contributed by atoms with van der Waals surface area (Å²) in [5.41, 5.74) is 2.32. The molecule has 0 saturated carbocycles. The van der Waals surface area contributed by atoms with Crippen molar-refractivity contribution >= 4 is 11.6 Å². The molecule has 0 radical (unpaired) electrons. The van der Waals surface area contributed by atoms with Gasteiger partial charge in [0.25, 0.3) is 0 Å². The van der Waals surface area contributed by atoms with Gasteiger partial charge in [0.05, 0.1) is 25.9 Å². The molecule has 0 amide bonds. The van der Waals surface area contributed by atoms with Crippen LogP contribution in [0.4, 0.5) is 0 Å². The van der Waals surface area contributed by atoms with Crippen LogP contribution in [0.3, 0.4) is 0 Å². The molecule has 3 nitrogen and oxygen atoms in total. The largest absolute Gasteiger partial charge is 0.497 e. The third-order valence-electron chi connectivity index (χ3n) is 2.95. The predicted molar refractivity (Wildman–Crippen MR) is 79.5 cm³/mol. The second-order valence-electron chi connectivity index (χ2n) is 4.14. The van der Waals surface area contributed by atoms with Crippen LogP contribution in [0, 0.1) is 11.3 Å². The van der Waals surface area contributed by atoms with Gasteiger partial charge in [0.2, 0.25) is 0 Å². The molecular formula is C17H15NO2. The Labute approximate surface area is 118 Å². The number of benzene rings is 2. The number of methoxy groups -OCH3 is 2. The van der Waals surface area contributed by atoms with E-state index in [1.165, 1.54) is 0 Å². The zero-order valence-corrected chi connectivity index (χ0v) is 11.5. The molecule has 0 aromatic heterocycles. The van der Waals surface area contributed by atoms with Gasteiger partial charge in [-0.25, -0.2) is 0 Å². The van der Waals surface area contributed by atoms with Crippen LogP contribution in [-0.4, -0.2) is 14.2 Å². The molecule has 0 fully saturated rings. The summed E-state index contributed by atoms with van der Waals surface area (Å²) in [6, 6.07) is 17.3. The maximum atomic E-state index is 9.32. The number of hydrogen-bond donors (Lipinski definition) is 0. The predicted octanol–water partition coefficient (Wildman–Crippen LogP) is 3.77. The minimum Gasteiger partial charge on any atom is -0.497 e. The van der Waals surface area contributed by atoms with Crippen molar-refractivity contribution in [3.05, 3.63) is 59.7 Å². The first kappa shape index (κ1) is 13.7. The Morgan fingerprint density at radius 3 is 2.40 bits per heavy atom. The molecule has 0 bridgehead atoms. The third kappa shape index (κ3) is 2.99. The molecule has 100 valence electrons.